The summed E-state index contributed by atoms with van der Waals surface area (Å²) in [6.45, 7) is 21.8. The van der Waals surface area contributed by atoms with Gasteiger partial charge in [0.2, 0.25) is 0 Å². The summed E-state index contributed by atoms with van der Waals surface area (Å²) in [5, 5.41) is 0. The highest BCUT2D eigenvalue weighted by Gasteiger charge is 2.38. The third-order valence-corrected chi connectivity index (χ3v) is 6.27. The van der Waals surface area contributed by atoms with Gasteiger partial charge in [0, 0.05) is 30.4 Å². The maximum atomic E-state index is 13.5. The van der Waals surface area contributed by atoms with Crippen molar-refractivity contribution in [2.24, 2.45) is 11.3 Å². The lowest BCUT2D eigenvalue weighted by Crippen LogP contribution is -2.40. The number of nitrogens with zero attached hydrogens (tertiary/aromatic N) is 1. The van der Waals surface area contributed by atoms with Gasteiger partial charge in [0.15, 0.2) is 5.78 Å². The Hall–Kier alpha value is -1.83. The molecule has 0 N–H and O–H groups in total. The van der Waals surface area contributed by atoms with Gasteiger partial charge in [0.25, 0.3) is 0 Å². The van der Waals surface area contributed by atoms with Crippen molar-refractivity contribution >= 4 is 5.78 Å². The van der Waals surface area contributed by atoms with E-state index in [1.807, 2.05) is 13.8 Å². The van der Waals surface area contributed by atoms with Crippen LogP contribution in [0.2, 0.25) is 0 Å². The predicted octanol–water partition coefficient (Wildman–Crippen LogP) is 6.00. The lowest BCUT2D eigenvalue weighted by molar-refractivity contribution is -0.112. The van der Waals surface area contributed by atoms with E-state index in [1.54, 1.807) is 0 Å². The zero-order valence-corrected chi connectivity index (χ0v) is 17.4. The lowest BCUT2D eigenvalue weighted by atomic mass is 9.65. The van der Waals surface area contributed by atoms with Gasteiger partial charge in [-0.2, -0.15) is 0 Å². The summed E-state index contributed by atoms with van der Waals surface area (Å²) in [4.78, 5) is 15.7. The third kappa shape index (κ3) is 4.11. The summed E-state index contributed by atoms with van der Waals surface area (Å²) in [6, 6.07) is 0. The van der Waals surface area contributed by atoms with E-state index in [0.29, 0.717) is 12.3 Å². The van der Waals surface area contributed by atoms with Crippen LogP contribution in [-0.2, 0) is 4.79 Å². The van der Waals surface area contributed by atoms with Crippen LogP contribution in [-0.4, -0.2) is 24.3 Å². The topological polar surface area (TPSA) is 20.3 Å². The first kappa shape index (κ1) is 20.5. The summed E-state index contributed by atoms with van der Waals surface area (Å²) in [6.07, 6.45) is 7.41. The van der Waals surface area contributed by atoms with Crippen LogP contribution < -0.4 is 0 Å². The van der Waals surface area contributed by atoms with Gasteiger partial charge < -0.3 is 4.90 Å². The molecule has 2 heteroatoms. The van der Waals surface area contributed by atoms with Crippen molar-refractivity contribution in [3.8, 4) is 0 Å². The number of likely N-dealkylation sites (N-methyl/N-ethyl adjacent to an activating group) is 1. The average Bonchev–Trinajstić information content (AvgIpc) is 2.54. The molecule has 0 amide bonds. The van der Waals surface area contributed by atoms with Crippen LogP contribution in [0, 0.1) is 11.3 Å². The molecule has 1 heterocycles. The Kier molecular flexibility index (Phi) is 6.16. The van der Waals surface area contributed by atoms with Crippen molar-refractivity contribution in [3.05, 3.63) is 59.4 Å². The van der Waals surface area contributed by atoms with Crippen LogP contribution in [0.5, 0.6) is 0 Å². The van der Waals surface area contributed by atoms with Crippen LogP contribution in [0.3, 0.4) is 0 Å². The Bertz CT molecular complexity index is 698. The van der Waals surface area contributed by atoms with Crippen molar-refractivity contribution in [1.82, 2.24) is 4.90 Å². The standard InChI is InChI=1S/C24H35NO/c1-16(2)18(5)14-22-19(6)20(7)25(8)15-24(11-9-12-24)13-10-21(17(3)4)23(22)26/h10,16H,3,5,7,9,11-15H2,1-2,4,6,8H3/b21-10-,22-19+. The van der Waals surface area contributed by atoms with Crippen LogP contribution in [0.15, 0.2) is 59.4 Å². The van der Waals surface area contributed by atoms with Crippen LogP contribution >= 0.6 is 0 Å². The van der Waals surface area contributed by atoms with Crippen LogP contribution in [0.1, 0.15) is 59.8 Å². The number of ketones is 1. The predicted molar refractivity (Wildman–Crippen MR) is 112 cm³/mol. The van der Waals surface area contributed by atoms with E-state index in [2.05, 4.69) is 51.6 Å². The molecular formula is C24H35NO. The molecule has 1 saturated carbocycles. The largest absolute Gasteiger partial charge is 0.374 e. The summed E-state index contributed by atoms with van der Waals surface area (Å²) < 4.78 is 0. The van der Waals surface area contributed by atoms with Gasteiger partial charge in [-0.3, -0.25) is 4.79 Å². The fourth-order valence-electron chi connectivity index (χ4n) is 3.92. The van der Waals surface area contributed by atoms with E-state index in [-0.39, 0.29) is 11.2 Å². The monoisotopic (exact) mass is 353 g/mol. The molecule has 142 valence electrons. The van der Waals surface area contributed by atoms with E-state index in [9.17, 15) is 4.79 Å². The molecule has 1 spiro atoms. The summed E-state index contributed by atoms with van der Waals surface area (Å²) >= 11 is 0. The number of carbonyl (C=O) groups is 1. The summed E-state index contributed by atoms with van der Waals surface area (Å²) in [7, 11) is 2.11. The smallest absolute Gasteiger partial charge is 0.189 e. The van der Waals surface area contributed by atoms with Gasteiger partial charge in [0.05, 0.1) is 0 Å². The van der Waals surface area contributed by atoms with E-state index in [0.717, 1.165) is 46.5 Å². The Morgan fingerprint density at radius 2 is 1.92 bits per heavy atom. The van der Waals surface area contributed by atoms with E-state index >= 15 is 0 Å². The molecule has 0 aromatic heterocycles. The third-order valence-electron chi connectivity index (χ3n) is 6.27. The fraction of sp³-hybridized carbons (Fsp3) is 0.542. The number of allylic oxidation sites excluding steroid dienone is 6. The molecule has 0 bridgehead atoms. The molecule has 1 fully saturated rings. The highest BCUT2D eigenvalue weighted by molar-refractivity contribution is 6.12. The summed E-state index contributed by atoms with van der Waals surface area (Å²) in [5.74, 6) is 0.447. The van der Waals surface area contributed by atoms with Crippen molar-refractivity contribution in [1.29, 1.82) is 0 Å². The van der Waals surface area contributed by atoms with E-state index < -0.39 is 0 Å². The number of rotatable bonds is 4. The molecular weight excluding hydrogens is 318 g/mol. The van der Waals surface area contributed by atoms with Gasteiger partial charge in [-0.25, -0.2) is 0 Å². The van der Waals surface area contributed by atoms with Crippen molar-refractivity contribution < 1.29 is 4.79 Å². The number of hydrogen-bond acceptors (Lipinski definition) is 2. The first-order valence-electron chi connectivity index (χ1n) is 9.76. The minimum Gasteiger partial charge on any atom is -0.374 e. The molecule has 0 unspecified atom stereocenters. The number of hydrogen-bond donors (Lipinski definition) is 0. The van der Waals surface area contributed by atoms with Crippen LogP contribution in [0.4, 0.5) is 0 Å². The van der Waals surface area contributed by atoms with Gasteiger partial charge in [-0.05, 0) is 62.0 Å². The second-order valence-electron chi connectivity index (χ2n) is 8.68. The van der Waals surface area contributed by atoms with Gasteiger partial charge in [-0.1, -0.05) is 51.7 Å². The fourth-order valence-corrected chi connectivity index (χ4v) is 3.92. The Labute approximate surface area is 160 Å². The first-order chi connectivity index (χ1) is 12.1. The normalized spacial score (nSPS) is 25.8. The summed E-state index contributed by atoms with van der Waals surface area (Å²) in [5.41, 5.74) is 5.75. The Balaban J connectivity index is 2.53. The SMILES string of the molecule is C=C(C)/C1=C/CC2(CCC2)CN(C)C(=C)/C(C)=C(\CC(=C)C(C)C)C1=O. The molecule has 0 aromatic carbocycles. The quantitative estimate of drug-likeness (QED) is 0.578. The highest BCUT2D eigenvalue weighted by atomic mass is 16.1. The minimum atomic E-state index is 0.0997. The zero-order valence-electron chi connectivity index (χ0n) is 17.4. The first-order valence-corrected chi connectivity index (χ1v) is 9.76. The molecule has 0 saturated heterocycles. The number of carbonyl (C=O) groups excluding carboxylic acids is 1. The Morgan fingerprint density at radius 1 is 1.31 bits per heavy atom. The van der Waals surface area contributed by atoms with E-state index in [1.165, 1.54) is 19.3 Å². The molecule has 26 heavy (non-hydrogen) atoms. The molecule has 0 radical (unpaired) electrons. The maximum absolute atomic E-state index is 13.5. The second kappa shape index (κ2) is 7.82. The van der Waals surface area contributed by atoms with Gasteiger partial charge in [-0.15, -0.1) is 0 Å². The average molecular weight is 354 g/mol. The van der Waals surface area contributed by atoms with Gasteiger partial charge in [0.1, 0.15) is 0 Å². The Morgan fingerprint density at radius 3 is 2.38 bits per heavy atom. The zero-order chi connectivity index (χ0) is 19.6. The molecule has 1 aliphatic heterocycles. The van der Waals surface area contributed by atoms with Crippen LogP contribution in [0.25, 0.3) is 0 Å². The highest BCUT2D eigenvalue weighted by Crippen LogP contribution is 2.46. The molecule has 2 rings (SSSR count). The number of Topliss-reactive ketones (excluding diaryl/α,β-unsaturated/α-hetero) is 1. The molecule has 1 aliphatic carbocycles. The van der Waals surface area contributed by atoms with Crippen molar-refractivity contribution in [2.75, 3.05) is 13.6 Å². The molecule has 0 atom stereocenters. The minimum absolute atomic E-state index is 0.0997. The maximum Gasteiger partial charge on any atom is 0.189 e. The van der Waals surface area contributed by atoms with E-state index in [4.69, 9.17) is 0 Å². The van der Waals surface area contributed by atoms with Gasteiger partial charge >= 0.3 is 0 Å². The van der Waals surface area contributed by atoms with Crippen molar-refractivity contribution in [2.45, 2.75) is 59.8 Å². The van der Waals surface area contributed by atoms with Crippen molar-refractivity contribution in [3.63, 3.8) is 0 Å². The molecule has 2 aliphatic rings. The second-order valence-corrected chi connectivity index (χ2v) is 8.68. The molecule has 0 aromatic rings. The molecule has 2 nitrogen and oxygen atoms in total. The lowest BCUT2D eigenvalue weighted by Gasteiger charge is -2.45.